The molecule has 256 valence electrons. The van der Waals surface area contributed by atoms with Gasteiger partial charge < -0.3 is 4.90 Å². The molecule has 0 saturated carbocycles. The van der Waals surface area contributed by atoms with E-state index in [4.69, 9.17) is 0 Å². The molecule has 8 aromatic rings. The molecule has 0 N–H and O–H groups in total. The second-order valence-electron chi connectivity index (χ2n) is 15.4. The summed E-state index contributed by atoms with van der Waals surface area (Å²) in [5.74, 6) is 0. The van der Waals surface area contributed by atoms with Crippen LogP contribution in [-0.2, 0) is 10.8 Å². The lowest BCUT2D eigenvalue weighted by atomic mass is 9.67. The smallest absolute Gasteiger partial charge is 0.0714 e. The fourth-order valence-corrected chi connectivity index (χ4v) is 8.85. The summed E-state index contributed by atoms with van der Waals surface area (Å²) in [5, 5.41) is 2.45. The van der Waals surface area contributed by atoms with Gasteiger partial charge in [0.2, 0.25) is 0 Å². The third-order valence-corrected chi connectivity index (χ3v) is 11.2. The van der Waals surface area contributed by atoms with Crippen LogP contribution in [-0.4, -0.2) is 0 Å². The molecule has 0 unspecified atom stereocenters. The summed E-state index contributed by atoms with van der Waals surface area (Å²) in [6.45, 7) is 9.20. The largest absolute Gasteiger partial charge is 0.310 e. The van der Waals surface area contributed by atoms with Crippen LogP contribution in [0, 0.1) is 6.92 Å². The quantitative estimate of drug-likeness (QED) is 0.169. The third-order valence-electron chi connectivity index (χ3n) is 11.2. The zero-order chi connectivity index (χ0) is 36.2. The first-order valence-corrected chi connectivity index (χ1v) is 18.7. The molecule has 0 aliphatic heterocycles. The maximum absolute atomic E-state index is 2.48. The van der Waals surface area contributed by atoms with Gasteiger partial charge in [-0.3, -0.25) is 0 Å². The molecule has 0 amide bonds. The lowest BCUT2D eigenvalue weighted by molar-refractivity contribution is 0.592. The third kappa shape index (κ3) is 5.30. The minimum atomic E-state index is -0.497. The summed E-state index contributed by atoms with van der Waals surface area (Å²) in [6, 6.07) is 69.6. The van der Waals surface area contributed by atoms with Gasteiger partial charge in [0, 0.05) is 16.9 Å². The second kappa shape index (κ2) is 12.8. The second-order valence-corrected chi connectivity index (χ2v) is 15.4. The Balaban J connectivity index is 1.38. The molecule has 0 atom stereocenters. The molecule has 1 nitrogen and oxygen atoms in total. The van der Waals surface area contributed by atoms with Gasteiger partial charge in [-0.25, -0.2) is 0 Å². The highest BCUT2D eigenvalue weighted by molar-refractivity contribution is 6.00. The number of aryl methyl sites for hydroxylation is 1. The Morgan fingerprint density at radius 1 is 0.434 bits per heavy atom. The first-order valence-electron chi connectivity index (χ1n) is 18.7. The number of para-hydroxylation sites is 1. The van der Waals surface area contributed by atoms with Crippen molar-refractivity contribution in [2.24, 2.45) is 0 Å². The molecular formula is C52H43N. The summed E-state index contributed by atoms with van der Waals surface area (Å²) in [4.78, 5) is 2.48. The van der Waals surface area contributed by atoms with Gasteiger partial charge in [0.25, 0.3) is 0 Å². The Morgan fingerprint density at radius 3 is 1.68 bits per heavy atom. The lowest BCUT2D eigenvalue weighted by Gasteiger charge is -2.35. The summed E-state index contributed by atoms with van der Waals surface area (Å²) in [7, 11) is 0. The van der Waals surface area contributed by atoms with E-state index in [0.29, 0.717) is 0 Å². The van der Waals surface area contributed by atoms with Gasteiger partial charge in [-0.1, -0.05) is 172 Å². The molecule has 0 radical (unpaired) electrons. The Morgan fingerprint density at radius 2 is 1.02 bits per heavy atom. The molecule has 0 spiro atoms. The maximum Gasteiger partial charge on any atom is 0.0714 e. The number of anilines is 3. The van der Waals surface area contributed by atoms with Crippen molar-refractivity contribution in [3.05, 3.63) is 221 Å². The lowest BCUT2D eigenvalue weighted by Crippen LogP contribution is -2.28. The van der Waals surface area contributed by atoms with E-state index in [1.807, 2.05) is 0 Å². The Labute approximate surface area is 313 Å². The molecule has 0 fully saturated rings. The molecule has 53 heavy (non-hydrogen) atoms. The molecule has 0 heterocycles. The average Bonchev–Trinajstić information content (AvgIpc) is 3.50. The van der Waals surface area contributed by atoms with Crippen molar-refractivity contribution in [3.8, 4) is 22.3 Å². The number of benzene rings is 8. The molecule has 1 aliphatic rings. The van der Waals surface area contributed by atoms with Gasteiger partial charge in [-0.05, 0) is 110 Å². The van der Waals surface area contributed by atoms with Crippen molar-refractivity contribution >= 4 is 27.8 Å². The summed E-state index contributed by atoms with van der Waals surface area (Å²) < 4.78 is 0. The van der Waals surface area contributed by atoms with Gasteiger partial charge in [-0.15, -0.1) is 0 Å². The van der Waals surface area contributed by atoms with E-state index in [9.17, 15) is 0 Å². The fourth-order valence-electron chi connectivity index (χ4n) is 8.85. The molecular weight excluding hydrogens is 639 g/mol. The van der Waals surface area contributed by atoms with Gasteiger partial charge in [0.15, 0.2) is 0 Å². The number of nitrogens with zero attached hydrogens (tertiary/aromatic N) is 1. The zero-order valence-electron chi connectivity index (χ0n) is 30.8. The number of rotatable bonds is 6. The summed E-state index contributed by atoms with van der Waals surface area (Å²) in [6.07, 6.45) is 0. The Hall–Kier alpha value is -6.18. The van der Waals surface area contributed by atoms with Crippen molar-refractivity contribution in [3.63, 3.8) is 0 Å². The first-order chi connectivity index (χ1) is 25.9. The predicted molar refractivity (Wildman–Crippen MR) is 225 cm³/mol. The van der Waals surface area contributed by atoms with Gasteiger partial charge in [-0.2, -0.15) is 0 Å². The van der Waals surface area contributed by atoms with Crippen LogP contribution in [0.25, 0.3) is 33.0 Å². The van der Waals surface area contributed by atoms with Crippen LogP contribution in [0.2, 0.25) is 0 Å². The average molecular weight is 682 g/mol. The molecule has 1 heteroatoms. The van der Waals surface area contributed by atoms with E-state index in [1.165, 1.54) is 66.4 Å². The van der Waals surface area contributed by atoms with Gasteiger partial charge >= 0.3 is 0 Å². The van der Waals surface area contributed by atoms with Crippen LogP contribution >= 0.6 is 0 Å². The van der Waals surface area contributed by atoms with E-state index in [0.717, 1.165) is 17.1 Å². The van der Waals surface area contributed by atoms with E-state index in [1.54, 1.807) is 0 Å². The predicted octanol–water partition coefficient (Wildman–Crippen LogP) is 13.9. The molecule has 0 aromatic heterocycles. The molecule has 1 aliphatic carbocycles. The summed E-state index contributed by atoms with van der Waals surface area (Å²) in [5.41, 5.74) is 15.8. The monoisotopic (exact) mass is 681 g/mol. The van der Waals surface area contributed by atoms with Crippen LogP contribution in [0.1, 0.15) is 54.2 Å². The van der Waals surface area contributed by atoms with Crippen molar-refractivity contribution in [1.82, 2.24) is 0 Å². The SMILES string of the molecule is Cc1cccc2c1-c1ccc(N(c3ccccc3)c3cc4ccccc4cc3-c3ccccc3C(C)(C)C)cc1C2(c1ccccc1)c1ccccc1. The van der Waals surface area contributed by atoms with E-state index in [-0.39, 0.29) is 5.41 Å². The highest BCUT2D eigenvalue weighted by Crippen LogP contribution is 2.58. The van der Waals surface area contributed by atoms with Crippen LogP contribution in [0.3, 0.4) is 0 Å². The van der Waals surface area contributed by atoms with Crippen molar-refractivity contribution < 1.29 is 0 Å². The topological polar surface area (TPSA) is 3.24 Å². The highest BCUT2D eigenvalue weighted by Gasteiger charge is 2.47. The Bertz CT molecular complexity index is 2550. The minimum Gasteiger partial charge on any atom is -0.310 e. The minimum absolute atomic E-state index is 0.0424. The van der Waals surface area contributed by atoms with Gasteiger partial charge in [0.1, 0.15) is 0 Å². The highest BCUT2D eigenvalue weighted by atomic mass is 15.1. The maximum atomic E-state index is 2.48. The molecule has 9 rings (SSSR count). The normalized spacial score (nSPS) is 13.1. The Kier molecular flexibility index (Phi) is 7.90. The zero-order valence-corrected chi connectivity index (χ0v) is 30.8. The van der Waals surface area contributed by atoms with Crippen molar-refractivity contribution in [2.45, 2.75) is 38.5 Å². The molecule has 0 bridgehead atoms. The van der Waals surface area contributed by atoms with Crippen LogP contribution < -0.4 is 4.90 Å². The van der Waals surface area contributed by atoms with Gasteiger partial charge in [0.05, 0.1) is 11.1 Å². The van der Waals surface area contributed by atoms with Crippen LogP contribution in [0.15, 0.2) is 188 Å². The molecule has 0 saturated heterocycles. The number of hydrogen-bond acceptors (Lipinski definition) is 1. The number of hydrogen-bond donors (Lipinski definition) is 0. The standard InChI is InChI=1S/C52H43N/c1-36-19-18-30-47-50(36)44-32-31-42(35-48(44)52(47,39-22-8-5-9-23-39)40-24-10-6-11-25-40)53(41-26-12-7-13-27-41)49-34-38-21-15-14-20-37(38)33-45(49)43-28-16-17-29-46(43)51(2,3)4/h5-35H,1-4H3. The number of fused-ring (bicyclic) bond motifs is 4. The van der Waals surface area contributed by atoms with Crippen molar-refractivity contribution in [1.29, 1.82) is 0 Å². The van der Waals surface area contributed by atoms with Crippen molar-refractivity contribution in [2.75, 3.05) is 4.90 Å². The summed E-state index contributed by atoms with van der Waals surface area (Å²) >= 11 is 0. The van der Waals surface area contributed by atoms with Crippen LogP contribution in [0.5, 0.6) is 0 Å². The van der Waals surface area contributed by atoms with Crippen LogP contribution in [0.4, 0.5) is 17.1 Å². The first kappa shape index (κ1) is 32.7. The fraction of sp³-hybridized carbons (Fsp3) is 0.115. The van der Waals surface area contributed by atoms with E-state index in [2.05, 4.69) is 221 Å². The van der Waals surface area contributed by atoms with E-state index < -0.39 is 5.41 Å². The van der Waals surface area contributed by atoms with E-state index >= 15 is 0 Å². The molecule has 8 aromatic carbocycles.